The van der Waals surface area contributed by atoms with E-state index in [9.17, 15) is 4.79 Å². The fourth-order valence-corrected chi connectivity index (χ4v) is 2.16. The Morgan fingerprint density at radius 3 is 2.25 bits per heavy atom. The molecule has 0 fully saturated rings. The van der Waals surface area contributed by atoms with Gasteiger partial charge < -0.3 is 15.5 Å². The number of hydrogen-bond donors (Lipinski definition) is 2. The van der Waals surface area contributed by atoms with E-state index in [-0.39, 0.29) is 6.03 Å². The van der Waals surface area contributed by atoms with Gasteiger partial charge in [0.25, 0.3) is 0 Å². The normalized spacial score (nSPS) is 10.7. The van der Waals surface area contributed by atoms with Crippen molar-refractivity contribution < 1.29 is 4.79 Å². The van der Waals surface area contributed by atoms with Crippen molar-refractivity contribution in [2.45, 2.75) is 33.1 Å². The third-order valence-electron chi connectivity index (χ3n) is 3.31. The Morgan fingerprint density at radius 2 is 1.75 bits per heavy atom. The molecule has 0 spiro atoms. The molecule has 0 bridgehead atoms. The number of carbonyl (C=O) groups is 1. The summed E-state index contributed by atoms with van der Waals surface area (Å²) in [6.07, 6.45) is 2.80. The van der Waals surface area contributed by atoms with Gasteiger partial charge in [0, 0.05) is 12.2 Å². The molecule has 1 aromatic carbocycles. The largest absolute Gasteiger partial charge is 0.338 e. The summed E-state index contributed by atoms with van der Waals surface area (Å²) < 4.78 is 0. The number of amides is 2. The number of nitrogens with one attached hydrogen (secondary N) is 2. The van der Waals surface area contributed by atoms with Crippen molar-refractivity contribution in [1.29, 1.82) is 0 Å². The van der Waals surface area contributed by atoms with Gasteiger partial charge in [0.15, 0.2) is 0 Å². The monoisotopic (exact) mass is 277 g/mol. The van der Waals surface area contributed by atoms with Gasteiger partial charge in [-0.05, 0) is 51.0 Å². The number of para-hydroxylation sites is 1. The third kappa shape index (κ3) is 5.21. The molecule has 0 aliphatic heterocycles. The maximum Gasteiger partial charge on any atom is 0.319 e. The SMILES string of the molecule is CCc1cccc(CC)c1NC(=O)NCCCN(C)C. The maximum absolute atomic E-state index is 12.0. The fourth-order valence-electron chi connectivity index (χ4n) is 2.16. The maximum atomic E-state index is 12.0. The van der Waals surface area contributed by atoms with Crippen molar-refractivity contribution in [3.05, 3.63) is 29.3 Å². The minimum atomic E-state index is -0.112. The van der Waals surface area contributed by atoms with Crippen molar-refractivity contribution in [2.75, 3.05) is 32.5 Å². The molecule has 2 amide bonds. The van der Waals surface area contributed by atoms with Gasteiger partial charge in [-0.3, -0.25) is 0 Å². The molecule has 1 aromatic rings. The molecule has 112 valence electrons. The van der Waals surface area contributed by atoms with E-state index in [1.54, 1.807) is 0 Å². The standard InChI is InChI=1S/C16H27N3O/c1-5-13-9-7-10-14(6-2)15(13)18-16(20)17-11-8-12-19(3)4/h7,9-10H,5-6,8,11-12H2,1-4H3,(H2,17,18,20). The molecule has 4 heteroatoms. The highest BCUT2D eigenvalue weighted by Crippen LogP contribution is 2.22. The molecule has 0 saturated heterocycles. The summed E-state index contributed by atoms with van der Waals surface area (Å²) in [4.78, 5) is 14.1. The van der Waals surface area contributed by atoms with E-state index in [0.29, 0.717) is 6.54 Å². The molecule has 0 aliphatic rings. The predicted molar refractivity (Wildman–Crippen MR) is 85.4 cm³/mol. The van der Waals surface area contributed by atoms with Crippen molar-refractivity contribution in [3.63, 3.8) is 0 Å². The summed E-state index contributed by atoms with van der Waals surface area (Å²) in [7, 11) is 4.07. The number of carbonyl (C=O) groups excluding carboxylic acids is 1. The van der Waals surface area contributed by atoms with Crippen LogP contribution in [0.5, 0.6) is 0 Å². The van der Waals surface area contributed by atoms with Crippen LogP contribution in [0.25, 0.3) is 0 Å². The zero-order valence-corrected chi connectivity index (χ0v) is 13.1. The number of benzene rings is 1. The minimum absolute atomic E-state index is 0.112. The van der Waals surface area contributed by atoms with E-state index in [1.165, 1.54) is 11.1 Å². The second kappa shape index (κ2) is 8.59. The smallest absolute Gasteiger partial charge is 0.319 e. The van der Waals surface area contributed by atoms with E-state index in [2.05, 4.69) is 47.6 Å². The van der Waals surface area contributed by atoms with E-state index < -0.39 is 0 Å². The molecule has 0 saturated carbocycles. The van der Waals surface area contributed by atoms with Crippen molar-refractivity contribution in [1.82, 2.24) is 10.2 Å². The first-order chi connectivity index (χ1) is 9.58. The number of rotatable bonds is 7. The summed E-state index contributed by atoms with van der Waals surface area (Å²) in [5, 5.41) is 5.92. The number of nitrogens with zero attached hydrogens (tertiary/aromatic N) is 1. The van der Waals surface area contributed by atoms with Crippen molar-refractivity contribution in [3.8, 4) is 0 Å². The molecule has 1 rings (SSSR count). The topological polar surface area (TPSA) is 44.4 Å². The van der Waals surface area contributed by atoms with Gasteiger partial charge in [0.05, 0.1) is 0 Å². The fraction of sp³-hybridized carbons (Fsp3) is 0.562. The summed E-state index contributed by atoms with van der Waals surface area (Å²) in [5.41, 5.74) is 3.35. The first-order valence-electron chi connectivity index (χ1n) is 7.38. The average molecular weight is 277 g/mol. The Morgan fingerprint density at radius 1 is 1.15 bits per heavy atom. The average Bonchev–Trinajstić information content (AvgIpc) is 2.43. The number of hydrogen-bond acceptors (Lipinski definition) is 2. The first kappa shape index (κ1) is 16.5. The van der Waals surface area contributed by atoms with E-state index in [1.807, 2.05) is 14.1 Å². The lowest BCUT2D eigenvalue weighted by atomic mass is 10.0. The van der Waals surface area contributed by atoms with Gasteiger partial charge >= 0.3 is 6.03 Å². The molecule has 4 nitrogen and oxygen atoms in total. The van der Waals surface area contributed by atoms with Crippen LogP contribution in [-0.2, 0) is 12.8 Å². The van der Waals surface area contributed by atoms with Crippen LogP contribution in [0.1, 0.15) is 31.4 Å². The third-order valence-corrected chi connectivity index (χ3v) is 3.31. The second-order valence-corrected chi connectivity index (χ2v) is 5.20. The Bertz CT molecular complexity index is 407. The molecule has 0 unspecified atom stereocenters. The first-order valence-corrected chi connectivity index (χ1v) is 7.38. The van der Waals surface area contributed by atoms with Crippen LogP contribution in [0.4, 0.5) is 10.5 Å². The van der Waals surface area contributed by atoms with Gasteiger partial charge in [-0.1, -0.05) is 32.0 Å². The minimum Gasteiger partial charge on any atom is -0.338 e. The van der Waals surface area contributed by atoms with Crippen LogP contribution >= 0.6 is 0 Å². The number of aryl methyl sites for hydroxylation is 2. The molecular weight excluding hydrogens is 250 g/mol. The zero-order valence-electron chi connectivity index (χ0n) is 13.1. The van der Waals surface area contributed by atoms with Gasteiger partial charge in [0.1, 0.15) is 0 Å². The van der Waals surface area contributed by atoms with Gasteiger partial charge in [-0.15, -0.1) is 0 Å². The Balaban J connectivity index is 2.57. The molecule has 2 N–H and O–H groups in total. The quantitative estimate of drug-likeness (QED) is 0.753. The van der Waals surface area contributed by atoms with E-state index in [0.717, 1.165) is 31.5 Å². The van der Waals surface area contributed by atoms with E-state index in [4.69, 9.17) is 0 Å². The summed E-state index contributed by atoms with van der Waals surface area (Å²) in [5.74, 6) is 0. The number of anilines is 1. The molecule has 0 radical (unpaired) electrons. The van der Waals surface area contributed by atoms with Crippen LogP contribution in [0.3, 0.4) is 0 Å². The highest BCUT2D eigenvalue weighted by molar-refractivity contribution is 5.91. The molecular formula is C16H27N3O. The zero-order chi connectivity index (χ0) is 15.0. The lowest BCUT2D eigenvalue weighted by Crippen LogP contribution is -2.31. The highest BCUT2D eigenvalue weighted by Gasteiger charge is 2.09. The highest BCUT2D eigenvalue weighted by atomic mass is 16.2. The van der Waals surface area contributed by atoms with Gasteiger partial charge in [0.2, 0.25) is 0 Å². The van der Waals surface area contributed by atoms with Crippen LogP contribution in [0.2, 0.25) is 0 Å². The van der Waals surface area contributed by atoms with Crippen LogP contribution in [-0.4, -0.2) is 38.1 Å². The van der Waals surface area contributed by atoms with Crippen molar-refractivity contribution >= 4 is 11.7 Å². The van der Waals surface area contributed by atoms with Gasteiger partial charge in [-0.25, -0.2) is 4.79 Å². The number of urea groups is 1. The molecule has 20 heavy (non-hydrogen) atoms. The Kier molecular flexibility index (Phi) is 7.09. The van der Waals surface area contributed by atoms with Crippen LogP contribution < -0.4 is 10.6 Å². The summed E-state index contributed by atoms with van der Waals surface area (Å²) >= 11 is 0. The van der Waals surface area contributed by atoms with Crippen LogP contribution in [0.15, 0.2) is 18.2 Å². The molecule has 0 aliphatic carbocycles. The summed E-state index contributed by atoms with van der Waals surface area (Å²) in [6.45, 7) is 5.88. The summed E-state index contributed by atoms with van der Waals surface area (Å²) in [6, 6.07) is 6.08. The molecule has 0 atom stereocenters. The lowest BCUT2D eigenvalue weighted by molar-refractivity contribution is 0.251. The molecule has 0 heterocycles. The predicted octanol–water partition coefficient (Wildman–Crippen LogP) is 2.88. The lowest BCUT2D eigenvalue weighted by Gasteiger charge is -2.15. The van der Waals surface area contributed by atoms with Gasteiger partial charge in [-0.2, -0.15) is 0 Å². The van der Waals surface area contributed by atoms with Crippen molar-refractivity contribution in [2.24, 2.45) is 0 Å². The Hall–Kier alpha value is -1.55. The van der Waals surface area contributed by atoms with E-state index >= 15 is 0 Å². The molecule has 0 aromatic heterocycles. The Labute approximate surface area is 122 Å². The van der Waals surface area contributed by atoms with Crippen LogP contribution in [0, 0.1) is 0 Å². The second-order valence-electron chi connectivity index (χ2n) is 5.20.